The molecule has 1 aromatic rings. The SMILES string of the molecule is CCCOc1c(CCC(=O)O)cccc1NS(C)(=O)=O. The van der Waals surface area contributed by atoms with Gasteiger partial charge in [-0.15, -0.1) is 0 Å². The summed E-state index contributed by atoms with van der Waals surface area (Å²) in [4.78, 5) is 10.7. The number of nitrogens with one attached hydrogen (secondary N) is 1. The van der Waals surface area contributed by atoms with Gasteiger partial charge in [0.15, 0.2) is 0 Å². The summed E-state index contributed by atoms with van der Waals surface area (Å²) in [5, 5.41) is 8.75. The lowest BCUT2D eigenvalue weighted by Gasteiger charge is -2.15. The number of anilines is 1. The average Bonchev–Trinajstić information content (AvgIpc) is 2.33. The van der Waals surface area contributed by atoms with Gasteiger partial charge in [0.2, 0.25) is 10.0 Å². The summed E-state index contributed by atoms with van der Waals surface area (Å²) in [6.45, 7) is 2.37. The third-order valence-corrected chi connectivity index (χ3v) is 3.04. The van der Waals surface area contributed by atoms with Crippen molar-refractivity contribution in [1.29, 1.82) is 0 Å². The van der Waals surface area contributed by atoms with Crippen LogP contribution >= 0.6 is 0 Å². The molecule has 0 bridgehead atoms. The monoisotopic (exact) mass is 301 g/mol. The van der Waals surface area contributed by atoms with Crippen molar-refractivity contribution in [3.63, 3.8) is 0 Å². The third kappa shape index (κ3) is 5.48. The Morgan fingerprint density at radius 1 is 1.40 bits per heavy atom. The van der Waals surface area contributed by atoms with E-state index in [2.05, 4.69) is 4.72 Å². The van der Waals surface area contributed by atoms with Gasteiger partial charge in [0.25, 0.3) is 0 Å². The molecule has 0 saturated heterocycles. The van der Waals surface area contributed by atoms with Gasteiger partial charge in [-0.3, -0.25) is 9.52 Å². The van der Waals surface area contributed by atoms with E-state index >= 15 is 0 Å². The van der Waals surface area contributed by atoms with Gasteiger partial charge in [-0.2, -0.15) is 0 Å². The second-order valence-electron chi connectivity index (χ2n) is 4.41. The Morgan fingerprint density at radius 3 is 2.65 bits per heavy atom. The van der Waals surface area contributed by atoms with Gasteiger partial charge in [-0.05, 0) is 24.5 Å². The fraction of sp³-hybridized carbons (Fsp3) is 0.462. The van der Waals surface area contributed by atoms with Crippen LogP contribution in [0.1, 0.15) is 25.3 Å². The van der Waals surface area contributed by atoms with E-state index in [-0.39, 0.29) is 12.8 Å². The number of para-hydroxylation sites is 1. The Morgan fingerprint density at radius 2 is 2.10 bits per heavy atom. The summed E-state index contributed by atoms with van der Waals surface area (Å²) in [6.07, 6.45) is 2.07. The molecule has 0 aliphatic heterocycles. The van der Waals surface area contributed by atoms with Crippen LogP contribution in [0.3, 0.4) is 0 Å². The maximum absolute atomic E-state index is 11.3. The Labute approximate surface area is 118 Å². The zero-order valence-corrected chi connectivity index (χ0v) is 12.4. The van der Waals surface area contributed by atoms with Crippen molar-refractivity contribution in [2.24, 2.45) is 0 Å². The predicted octanol–water partition coefficient (Wildman–Crippen LogP) is 1.86. The van der Waals surface area contributed by atoms with Gasteiger partial charge in [-0.25, -0.2) is 8.42 Å². The molecular weight excluding hydrogens is 282 g/mol. The van der Waals surface area contributed by atoms with Crippen LogP contribution in [0.5, 0.6) is 5.75 Å². The summed E-state index contributed by atoms with van der Waals surface area (Å²) < 4.78 is 30.6. The predicted molar refractivity (Wildman–Crippen MR) is 76.7 cm³/mol. The molecule has 0 spiro atoms. The van der Waals surface area contributed by atoms with E-state index in [4.69, 9.17) is 9.84 Å². The van der Waals surface area contributed by atoms with Crippen molar-refractivity contribution in [2.45, 2.75) is 26.2 Å². The van der Waals surface area contributed by atoms with Crippen LogP contribution in [-0.2, 0) is 21.2 Å². The Balaban J connectivity index is 3.08. The van der Waals surface area contributed by atoms with Crippen LogP contribution in [0.15, 0.2) is 18.2 Å². The Kier molecular flexibility index (Phi) is 5.82. The molecule has 112 valence electrons. The van der Waals surface area contributed by atoms with Gasteiger partial charge in [0, 0.05) is 6.42 Å². The lowest BCUT2D eigenvalue weighted by Crippen LogP contribution is -2.12. The lowest BCUT2D eigenvalue weighted by molar-refractivity contribution is -0.136. The fourth-order valence-corrected chi connectivity index (χ4v) is 2.24. The molecule has 0 atom stereocenters. The highest BCUT2D eigenvalue weighted by Crippen LogP contribution is 2.30. The zero-order chi connectivity index (χ0) is 15.2. The molecule has 0 unspecified atom stereocenters. The summed E-state index contributed by atoms with van der Waals surface area (Å²) in [6, 6.07) is 5.00. The number of ether oxygens (including phenoxy) is 1. The van der Waals surface area contributed by atoms with Crippen molar-refractivity contribution in [3.8, 4) is 5.75 Å². The zero-order valence-electron chi connectivity index (χ0n) is 11.5. The molecule has 0 saturated carbocycles. The van der Waals surface area contributed by atoms with E-state index in [9.17, 15) is 13.2 Å². The van der Waals surface area contributed by atoms with Crippen molar-refractivity contribution < 1.29 is 23.1 Å². The average molecular weight is 301 g/mol. The molecule has 0 aliphatic rings. The molecule has 0 fully saturated rings. The van der Waals surface area contributed by atoms with Crippen LogP contribution in [-0.4, -0.2) is 32.4 Å². The first-order valence-corrected chi connectivity index (χ1v) is 8.17. The molecule has 0 aromatic heterocycles. The Bertz CT molecular complexity index is 568. The molecule has 6 nitrogen and oxygen atoms in total. The van der Waals surface area contributed by atoms with E-state index in [0.29, 0.717) is 23.6 Å². The van der Waals surface area contributed by atoms with Crippen LogP contribution in [0.25, 0.3) is 0 Å². The highest BCUT2D eigenvalue weighted by molar-refractivity contribution is 7.92. The summed E-state index contributed by atoms with van der Waals surface area (Å²) in [5.74, 6) is -0.506. The highest BCUT2D eigenvalue weighted by atomic mass is 32.2. The Hall–Kier alpha value is -1.76. The lowest BCUT2D eigenvalue weighted by atomic mass is 10.1. The number of carbonyl (C=O) groups is 1. The molecule has 0 heterocycles. The maximum atomic E-state index is 11.3. The topological polar surface area (TPSA) is 92.7 Å². The van der Waals surface area contributed by atoms with Gasteiger partial charge >= 0.3 is 5.97 Å². The number of hydrogen-bond donors (Lipinski definition) is 2. The molecule has 0 radical (unpaired) electrons. The van der Waals surface area contributed by atoms with Crippen LogP contribution < -0.4 is 9.46 Å². The number of aryl methyl sites for hydroxylation is 1. The minimum absolute atomic E-state index is 0.0369. The summed E-state index contributed by atoms with van der Waals surface area (Å²) in [7, 11) is -3.42. The number of aliphatic carboxylic acids is 1. The number of carboxylic acid groups (broad SMARTS) is 1. The van der Waals surface area contributed by atoms with Gasteiger partial charge in [-0.1, -0.05) is 19.1 Å². The van der Waals surface area contributed by atoms with Gasteiger partial charge in [0.1, 0.15) is 5.75 Å². The summed E-state index contributed by atoms with van der Waals surface area (Å²) in [5.41, 5.74) is 1.01. The van der Waals surface area contributed by atoms with Crippen molar-refractivity contribution in [2.75, 3.05) is 17.6 Å². The normalized spacial score (nSPS) is 11.1. The van der Waals surface area contributed by atoms with E-state index in [1.165, 1.54) is 0 Å². The minimum atomic E-state index is -3.42. The highest BCUT2D eigenvalue weighted by Gasteiger charge is 2.13. The molecule has 2 N–H and O–H groups in total. The van der Waals surface area contributed by atoms with Crippen molar-refractivity contribution in [3.05, 3.63) is 23.8 Å². The van der Waals surface area contributed by atoms with E-state index in [1.54, 1.807) is 18.2 Å². The molecule has 0 aliphatic carbocycles. The number of hydrogen-bond acceptors (Lipinski definition) is 4. The number of carboxylic acids is 1. The second-order valence-corrected chi connectivity index (χ2v) is 6.16. The molecule has 20 heavy (non-hydrogen) atoms. The number of benzene rings is 1. The van der Waals surface area contributed by atoms with Crippen LogP contribution in [0.4, 0.5) is 5.69 Å². The van der Waals surface area contributed by atoms with E-state index in [0.717, 1.165) is 12.7 Å². The fourth-order valence-electron chi connectivity index (χ4n) is 1.68. The van der Waals surface area contributed by atoms with Crippen molar-refractivity contribution in [1.82, 2.24) is 0 Å². The number of rotatable bonds is 8. The minimum Gasteiger partial charge on any atom is -0.491 e. The first-order valence-electron chi connectivity index (χ1n) is 6.27. The van der Waals surface area contributed by atoms with E-state index < -0.39 is 16.0 Å². The maximum Gasteiger partial charge on any atom is 0.303 e. The third-order valence-electron chi connectivity index (χ3n) is 2.45. The molecule has 0 amide bonds. The second kappa shape index (κ2) is 7.14. The van der Waals surface area contributed by atoms with Crippen molar-refractivity contribution >= 4 is 21.7 Å². The van der Waals surface area contributed by atoms with Gasteiger partial charge < -0.3 is 9.84 Å². The number of sulfonamides is 1. The standard InChI is InChI=1S/C13H19NO5S/c1-3-9-19-13-10(7-8-12(15)16)5-4-6-11(13)14-20(2,17)18/h4-6,14H,3,7-9H2,1-2H3,(H,15,16). The molecular formula is C13H19NO5S. The first kappa shape index (κ1) is 16.3. The van der Waals surface area contributed by atoms with E-state index in [1.807, 2.05) is 6.92 Å². The largest absolute Gasteiger partial charge is 0.491 e. The molecule has 1 rings (SSSR count). The quantitative estimate of drug-likeness (QED) is 0.764. The molecule has 1 aromatic carbocycles. The molecule has 7 heteroatoms. The smallest absolute Gasteiger partial charge is 0.303 e. The first-order chi connectivity index (χ1) is 9.33. The van der Waals surface area contributed by atoms with Crippen LogP contribution in [0.2, 0.25) is 0 Å². The summed E-state index contributed by atoms with van der Waals surface area (Å²) >= 11 is 0. The van der Waals surface area contributed by atoms with Crippen LogP contribution in [0, 0.1) is 0 Å². The van der Waals surface area contributed by atoms with Gasteiger partial charge in [0.05, 0.1) is 18.6 Å².